The van der Waals surface area contributed by atoms with Gasteiger partial charge < -0.3 is 5.11 Å². The summed E-state index contributed by atoms with van der Waals surface area (Å²) in [5, 5.41) is 9.96. The van der Waals surface area contributed by atoms with Crippen LogP contribution in [0.5, 0.6) is 0 Å². The van der Waals surface area contributed by atoms with E-state index >= 15 is 0 Å². The number of nitrogens with zero attached hydrogens (tertiary/aromatic N) is 2. The average molecular weight is 262 g/mol. The molecular formula is C15H22N2O2. The standard InChI is InChI=1S/C15H22N2O2/c1-10(2)6-11-7-12(17-9-16-11)13(18)8-14(19)15(3,4)5/h7-10,18H,6H2,1-5H3. The van der Waals surface area contributed by atoms with Crippen molar-refractivity contribution in [2.45, 2.75) is 41.0 Å². The second kappa shape index (κ2) is 5.95. The molecule has 104 valence electrons. The first-order valence-corrected chi connectivity index (χ1v) is 6.46. The number of carbonyl (C=O) groups excluding carboxylic acids is 1. The Kier molecular flexibility index (Phi) is 4.81. The van der Waals surface area contributed by atoms with Crippen molar-refractivity contribution in [1.29, 1.82) is 0 Å². The lowest BCUT2D eigenvalue weighted by atomic mass is 9.90. The Morgan fingerprint density at radius 1 is 1.37 bits per heavy atom. The van der Waals surface area contributed by atoms with Crippen molar-refractivity contribution in [2.75, 3.05) is 0 Å². The van der Waals surface area contributed by atoms with Gasteiger partial charge in [-0.2, -0.15) is 0 Å². The van der Waals surface area contributed by atoms with E-state index in [1.165, 1.54) is 12.4 Å². The van der Waals surface area contributed by atoms with Crippen molar-refractivity contribution in [3.05, 3.63) is 29.9 Å². The summed E-state index contributed by atoms with van der Waals surface area (Å²) in [7, 11) is 0. The van der Waals surface area contributed by atoms with E-state index in [4.69, 9.17) is 0 Å². The van der Waals surface area contributed by atoms with Crippen LogP contribution in [0.25, 0.3) is 5.76 Å². The lowest BCUT2D eigenvalue weighted by Gasteiger charge is -2.13. The molecular weight excluding hydrogens is 240 g/mol. The molecule has 0 aliphatic heterocycles. The Balaban J connectivity index is 2.97. The second-order valence-corrected chi connectivity index (χ2v) is 6.14. The normalized spacial score (nSPS) is 12.8. The van der Waals surface area contributed by atoms with Gasteiger partial charge in [0, 0.05) is 17.2 Å². The van der Waals surface area contributed by atoms with E-state index in [0.29, 0.717) is 11.6 Å². The van der Waals surface area contributed by atoms with Gasteiger partial charge in [0.15, 0.2) is 5.78 Å². The number of ketones is 1. The van der Waals surface area contributed by atoms with Gasteiger partial charge in [-0.05, 0) is 18.4 Å². The molecule has 1 aromatic heterocycles. The van der Waals surface area contributed by atoms with Gasteiger partial charge in [-0.1, -0.05) is 34.6 Å². The molecule has 1 N–H and O–H groups in total. The van der Waals surface area contributed by atoms with Crippen LogP contribution in [0, 0.1) is 11.3 Å². The number of aliphatic hydroxyl groups excluding tert-OH is 1. The quantitative estimate of drug-likeness (QED) is 0.668. The van der Waals surface area contributed by atoms with Gasteiger partial charge in [0.2, 0.25) is 0 Å². The molecule has 1 heterocycles. The van der Waals surface area contributed by atoms with Crippen molar-refractivity contribution in [3.63, 3.8) is 0 Å². The third-order valence-electron chi connectivity index (χ3n) is 2.61. The van der Waals surface area contributed by atoms with Crippen LogP contribution in [-0.4, -0.2) is 20.9 Å². The summed E-state index contributed by atoms with van der Waals surface area (Å²) in [5.74, 6) is 0.242. The Labute approximate surface area is 114 Å². The van der Waals surface area contributed by atoms with E-state index in [-0.39, 0.29) is 11.5 Å². The Morgan fingerprint density at radius 3 is 2.53 bits per heavy atom. The minimum absolute atomic E-state index is 0.104. The van der Waals surface area contributed by atoms with Crippen molar-refractivity contribution < 1.29 is 9.90 Å². The van der Waals surface area contributed by atoms with Gasteiger partial charge in [0.05, 0.1) is 0 Å². The maximum atomic E-state index is 11.8. The first kappa shape index (κ1) is 15.3. The van der Waals surface area contributed by atoms with Crippen LogP contribution in [0.3, 0.4) is 0 Å². The lowest BCUT2D eigenvalue weighted by molar-refractivity contribution is -0.121. The number of hydrogen-bond acceptors (Lipinski definition) is 4. The first-order chi connectivity index (χ1) is 8.70. The summed E-state index contributed by atoms with van der Waals surface area (Å²) in [6.07, 6.45) is 3.47. The highest BCUT2D eigenvalue weighted by Gasteiger charge is 2.20. The van der Waals surface area contributed by atoms with Crippen LogP contribution in [0.4, 0.5) is 0 Å². The molecule has 0 atom stereocenters. The van der Waals surface area contributed by atoms with E-state index in [9.17, 15) is 9.90 Å². The third kappa shape index (κ3) is 4.81. The minimum atomic E-state index is -0.512. The molecule has 0 bridgehead atoms. The Hall–Kier alpha value is -1.71. The van der Waals surface area contributed by atoms with Crippen LogP contribution in [0.2, 0.25) is 0 Å². The molecule has 0 spiro atoms. The predicted octanol–water partition coefficient (Wildman–Crippen LogP) is 3.19. The molecule has 1 rings (SSSR count). The zero-order chi connectivity index (χ0) is 14.6. The largest absolute Gasteiger partial charge is 0.506 e. The molecule has 0 aliphatic rings. The van der Waals surface area contributed by atoms with E-state index < -0.39 is 5.41 Å². The van der Waals surface area contributed by atoms with Gasteiger partial charge in [-0.3, -0.25) is 4.79 Å². The zero-order valence-electron chi connectivity index (χ0n) is 12.3. The highest BCUT2D eigenvalue weighted by atomic mass is 16.3. The Morgan fingerprint density at radius 2 is 2.00 bits per heavy atom. The van der Waals surface area contributed by atoms with Crippen LogP contribution in [0.1, 0.15) is 46.0 Å². The van der Waals surface area contributed by atoms with Crippen LogP contribution in [-0.2, 0) is 11.2 Å². The van der Waals surface area contributed by atoms with Crippen molar-refractivity contribution in [3.8, 4) is 0 Å². The lowest BCUT2D eigenvalue weighted by Crippen LogP contribution is -2.18. The van der Waals surface area contributed by atoms with Crippen LogP contribution in [0.15, 0.2) is 18.5 Å². The number of aliphatic hydroxyl groups is 1. The summed E-state index contributed by atoms with van der Waals surface area (Å²) in [4.78, 5) is 20.0. The van der Waals surface area contributed by atoms with E-state index in [1.807, 2.05) is 20.8 Å². The smallest absolute Gasteiger partial charge is 0.164 e. The predicted molar refractivity (Wildman–Crippen MR) is 75.6 cm³/mol. The van der Waals surface area contributed by atoms with Gasteiger partial charge in [0.1, 0.15) is 17.8 Å². The Bertz CT molecular complexity index is 485. The molecule has 4 nitrogen and oxygen atoms in total. The molecule has 0 fully saturated rings. The molecule has 19 heavy (non-hydrogen) atoms. The summed E-state index contributed by atoms with van der Waals surface area (Å²) in [6.45, 7) is 9.62. The van der Waals surface area contributed by atoms with Gasteiger partial charge >= 0.3 is 0 Å². The second-order valence-electron chi connectivity index (χ2n) is 6.14. The minimum Gasteiger partial charge on any atom is -0.506 e. The van der Waals surface area contributed by atoms with Gasteiger partial charge in [-0.25, -0.2) is 9.97 Å². The number of rotatable bonds is 4. The molecule has 0 aliphatic carbocycles. The number of carbonyl (C=O) groups is 1. The third-order valence-corrected chi connectivity index (χ3v) is 2.61. The number of hydrogen-bond donors (Lipinski definition) is 1. The maximum Gasteiger partial charge on any atom is 0.164 e. The van der Waals surface area contributed by atoms with Crippen molar-refractivity contribution in [1.82, 2.24) is 9.97 Å². The molecule has 4 heteroatoms. The first-order valence-electron chi connectivity index (χ1n) is 6.46. The average Bonchev–Trinajstić information content (AvgIpc) is 2.27. The molecule has 0 saturated heterocycles. The van der Waals surface area contributed by atoms with Crippen LogP contribution < -0.4 is 0 Å². The molecule has 0 aromatic carbocycles. The van der Waals surface area contributed by atoms with E-state index in [2.05, 4.69) is 23.8 Å². The molecule has 0 radical (unpaired) electrons. The molecule has 0 saturated carbocycles. The fraction of sp³-hybridized carbons (Fsp3) is 0.533. The topological polar surface area (TPSA) is 63.1 Å². The molecule has 0 amide bonds. The summed E-state index contributed by atoms with van der Waals surface area (Å²) >= 11 is 0. The SMILES string of the molecule is CC(C)Cc1cc(C(O)=CC(=O)C(C)(C)C)ncn1. The fourth-order valence-corrected chi connectivity index (χ4v) is 1.48. The van der Waals surface area contributed by atoms with Crippen molar-refractivity contribution >= 4 is 11.5 Å². The summed E-state index contributed by atoms with van der Waals surface area (Å²) in [5.41, 5.74) is 0.744. The number of allylic oxidation sites excluding steroid dienone is 1. The van der Waals surface area contributed by atoms with E-state index in [1.54, 1.807) is 6.07 Å². The molecule has 1 aromatic rings. The zero-order valence-corrected chi connectivity index (χ0v) is 12.3. The maximum absolute atomic E-state index is 11.8. The van der Waals surface area contributed by atoms with Crippen LogP contribution >= 0.6 is 0 Å². The van der Waals surface area contributed by atoms with Gasteiger partial charge in [0.25, 0.3) is 0 Å². The van der Waals surface area contributed by atoms with Crippen molar-refractivity contribution in [2.24, 2.45) is 11.3 Å². The number of aromatic nitrogens is 2. The highest BCUT2D eigenvalue weighted by Crippen LogP contribution is 2.18. The van der Waals surface area contributed by atoms with Gasteiger partial charge in [-0.15, -0.1) is 0 Å². The van der Waals surface area contributed by atoms with E-state index in [0.717, 1.165) is 12.1 Å². The monoisotopic (exact) mass is 262 g/mol. The summed E-state index contributed by atoms with van der Waals surface area (Å²) in [6, 6.07) is 1.72. The summed E-state index contributed by atoms with van der Waals surface area (Å²) < 4.78 is 0. The highest BCUT2D eigenvalue weighted by molar-refractivity contribution is 5.98. The molecule has 0 unspecified atom stereocenters. The fourth-order valence-electron chi connectivity index (χ4n) is 1.48.